The summed E-state index contributed by atoms with van der Waals surface area (Å²) < 4.78 is 23.9. The molecule has 4 aromatic rings. The molecule has 2 atom stereocenters. The highest BCUT2D eigenvalue weighted by Crippen LogP contribution is 2.37. The summed E-state index contributed by atoms with van der Waals surface area (Å²) in [6.07, 6.45) is 8.21. The molecule has 1 saturated carbocycles. The van der Waals surface area contributed by atoms with Crippen LogP contribution in [0.4, 0.5) is 10.6 Å². The van der Waals surface area contributed by atoms with Crippen molar-refractivity contribution in [1.82, 2.24) is 9.88 Å². The molecule has 3 aliphatic heterocycles. The fourth-order valence-electron chi connectivity index (χ4n) is 6.70. The quantitative estimate of drug-likeness (QED) is 0.130. The number of ether oxygens (including phenoxy) is 4. The topological polar surface area (TPSA) is 135 Å². The standard InChI is InChI=1S/C39H40Cl2N4O6.H2O/c1-48-33-12-11-29(18-35(33)49-24-26-5-6-26)34(19-30-31(40)20-42-21-32(30)41)50-38(46)28-9-7-25(8-10-28)22-45(37-4-2-3-15-43-37)39(47)51-36-23-44-16-13-27(36)14-17-44;/h2-4,7-12,15,18,20-21,26-27,34,36H,5-6,13-14,16-17,19,22-24H2,1H3;1H2/t34-,36-;/m0./s1. The second-order valence-corrected chi connectivity index (χ2v) is 14.2. The number of carbonyl (C=O) groups excluding carboxylic acids is 2. The summed E-state index contributed by atoms with van der Waals surface area (Å²) in [5.74, 6) is 2.06. The number of hydrogen-bond donors (Lipinski definition) is 0. The summed E-state index contributed by atoms with van der Waals surface area (Å²) >= 11 is 13.1. The number of piperidine rings is 3. The number of rotatable bonds is 13. The molecule has 0 unspecified atom stereocenters. The molecule has 2 aromatic carbocycles. The smallest absolute Gasteiger partial charge is 0.416 e. The van der Waals surface area contributed by atoms with Gasteiger partial charge in [0.25, 0.3) is 0 Å². The number of amides is 1. The Hall–Kier alpha value is -4.42. The fraction of sp³-hybridized carbons (Fsp3) is 0.385. The normalized spacial score (nSPS) is 19.6. The lowest BCUT2D eigenvalue weighted by Crippen LogP contribution is -2.53. The van der Waals surface area contributed by atoms with Crippen LogP contribution in [0.5, 0.6) is 11.5 Å². The number of carbonyl (C=O) groups is 2. The molecule has 3 saturated heterocycles. The lowest BCUT2D eigenvalue weighted by atomic mass is 9.86. The summed E-state index contributed by atoms with van der Waals surface area (Å²) in [4.78, 5) is 38.6. The highest BCUT2D eigenvalue weighted by molar-refractivity contribution is 6.35. The second kappa shape index (κ2) is 16.9. The number of methoxy groups -OCH3 is 1. The van der Waals surface area contributed by atoms with Gasteiger partial charge in [-0.1, -0.05) is 47.5 Å². The maximum absolute atomic E-state index is 13.7. The van der Waals surface area contributed by atoms with Gasteiger partial charge in [0.2, 0.25) is 0 Å². The van der Waals surface area contributed by atoms with Crippen molar-refractivity contribution in [2.75, 3.05) is 38.3 Å². The van der Waals surface area contributed by atoms with Crippen LogP contribution in [0, 0.1) is 11.8 Å². The largest absolute Gasteiger partial charge is 0.870 e. The first-order valence-electron chi connectivity index (χ1n) is 17.4. The van der Waals surface area contributed by atoms with Crippen molar-refractivity contribution in [2.45, 2.75) is 50.9 Å². The van der Waals surface area contributed by atoms with Gasteiger partial charge in [0.1, 0.15) is 28.1 Å². The minimum atomic E-state index is -0.746. The number of fused-ring (bicyclic) bond motifs is 3. The van der Waals surface area contributed by atoms with E-state index in [9.17, 15) is 9.59 Å². The van der Waals surface area contributed by atoms with Gasteiger partial charge in [0.15, 0.2) is 23.9 Å². The Labute approximate surface area is 313 Å². The van der Waals surface area contributed by atoms with E-state index in [1.165, 1.54) is 4.90 Å². The zero-order chi connectivity index (χ0) is 35.3. The molecule has 52 heavy (non-hydrogen) atoms. The Kier molecular flexibility index (Phi) is 12.2. The van der Waals surface area contributed by atoms with E-state index in [1.54, 1.807) is 62.1 Å². The molecule has 0 radical (unpaired) electrons. The van der Waals surface area contributed by atoms with E-state index in [-0.39, 0.29) is 24.5 Å². The fourth-order valence-corrected chi connectivity index (χ4v) is 7.23. The Balaban J connectivity index is 0.00000464. The van der Waals surface area contributed by atoms with Crippen LogP contribution in [0.1, 0.15) is 58.8 Å². The summed E-state index contributed by atoms with van der Waals surface area (Å²) in [6, 6.07) is 17.9. The third-order valence-corrected chi connectivity index (χ3v) is 10.6. The number of anilines is 1. The molecule has 5 heterocycles. The highest BCUT2D eigenvalue weighted by atomic mass is 35.5. The molecule has 13 heteroatoms. The molecule has 8 rings (SSSR count). The van der Waals surface area contributed by atoms with Gasteiger partial charge in [-0.25, -0.2) is 19.6 Å². The number of aromatic nitrogens is 2. The first kappa shape index (κ1) is 37.3. The van der Waals surface area contributed by atoms with E-state index >= 15 is 0 Å². The van der Waals surface area contributed by atoms with Gasteiger partial charge in [0, 0.05) is 24.7 Å². The number of halogens is 2. The lowest BCUT2D eigenvalue weighted by molar-refractivity contribution is -0.377. The number of benzene rings is 2. The van der Waals surface area contributed by atoms with Crippen molar-refractivity contribution in [3.63, 3.8) is 0 Å². The summed E-state index contributed by atoms with van der Waals surface area (Å²) in [5.41, 5.74) is 2.49. The van der Waals surface area contributed by atoms with Crippen molar-refractivity contribution in [2.24, 2.45) is 11.8 Å². The number of nitrogens with one attached hydrogen (secondary N) is 1. The summed E-state index contributed by atoms with van der Waals surface area (Å²) in [7, 11) is 1.59. The van der Waals surface area contributed by atoms with E-state index in [4.69, 9.17) is 42.1 Å². The van der Waals surface area contributed by atoms with Gasteiger partial charge in [-0.3, -0.25) is 9.80 Å². The minimum Gasteiger partial charge on any atom is -0.870 e. The molecular weight excluding hydrogens is 707 g/mol. The van der Waals surface area contributed by atoms with Crippen LogP contribution >= 0.6 is 23.2 Å². The number of H-pyrrole nitrogens is 1. The molecule has 1 aliphatic carbocycles. The van der Waals surface area contributed by atoms with Crippen LogP contribution in [0.15, 0.2) is 79.3 Å². The van der Waals surface area contributed by atoms with Crippen molar-refractivity contribution in [3.8, 4) is 11.5 Å². The Bertz CT molecular complexity index is 1820. The Morgan fingerprint density at radius 3 is 2.37 bits per heavy atom. The van der Waals surface area contributed by atoms with Gasteiger partial charge >= 0.3 is 12.1 Å². The van der Waals surface area contributed by atoms with Gasteiger partial charge < -0.3 is 24.4 Å². The first-order chi connectivity index (χ1) is 24.8. The van der Waals surface area contributed by atoms with Crippen LogP contribution in [0.2, 0.25) is 10.0 Å². The van der Waals surface area contributed by atoms with E-state index in [1.807, 2.05) is 24.3 Å². The zero-order valence-corrected chi connectivity index (χ0v) is 30.4. The van der Waals surface area contributed by atoms with E-state index < -0.39 is 18.2 Å². The Morgan fingerprint density at radius 2 is 1.73 bits per heavy atom. The van der Waals surface area contributed by atoms with Crippen LogP contribution in [-0.2, 0) is 22.4 Å². The van der Waals surface area contributed by atoms with Gasteiger partial charge in [0.05, 0.1) is 25.8 Å². The Morgan fingerprint density at radius 1 is 0.981 bits per heavy atom. The number of aromatic amines is 1. The number of esters is 1. The van der Waals surface area contributed by atoms with E-state index in [0.717, 1.165) is 50.9 Å². The monoisotopic (exact) mass is 748 g/mol. The second-order valence-electron chi connectivity index (χ2n) is 13.4. The zero-order valence-electron chi connectivity index (χ0n) is 28.9. The van der Waals surface area contributed by atoms with Crippen molar-refractivity contribution < 1.29 is 39.0 Å². The van der Waals surface area contributed by atoms with Gasteiger partial charge in [-0.05, 0) is 98.1 Å². The minimum absolute atomic E-state index is 0. The molecule has 2 aromatic heterocycles. The number of pyridine rings is 2. The molecule has 4 fully saturated rings. The van der Waals surface area contributed by atoms with Crippen LogP contribution < -0.4 is 19.4 Å². The van der Waals surface area contributed by atoms with Crippen molar-refractivity contribution >= 4 is 41.1 Å². The van der Waals surface area contributed by atoms with E-state index in [2.05, 4.69) is 14.9 Å². The lowest BCUT2D eigenvalue weighted by Gasteiger charge is -2.44. The first-order valence-corrected chi connectivity index (χ1v) is 18.2. The summed E-state index contributed by atoms with van der Waals surface area (Å²) in [5, 5.41) is 0.854. The molecule has 1 amide bonds. The maximum Gasteiger partial charge on any atom is 0.416 e. The van der Waals surface area contributed by atoms with Gasteiger partial charge in [-0.2, -0.15) is 0 Å². The van der Waals surface area contributed by atoms with Crippen LogP contribution in [-0.4, -0.2) is 66.9 Å². The molecule has 11 nitrogen and oxygen atoms in total. The number of hydrogen-bond acceptors (Lipinski definition) is 9. The maximum atomic E-state index is 13.7. The average Bonchev–Trinajstić information content (AvgIpc) is 4.00. The molecule has 2 bridgehead atoms. The van der Waals surface area contributed by atoms with E-state index in [0.29, 0.717) is 62.5 Å². The van der Waals surface area contributed by atoms with Crippen LogP contribution in [0.3, 0.4) is 0 Å². The van der Waals surface area contributed by atoms with Gasteiger partial charge in [-0.15, -0.1) is 0 Å². The number of nitrogens with zero attached hydrogens (tertiary/aromatic N) is 3. The van der Waals surface area contributed by atoms with Crippen LogP contribution in [0.25, 0.3) is 0 Å². The average molecular weight is 750 g/mol. The van der Waals surface area contributed by atoms with Crippen molar-refractivity contribution in [3.05, 3.63) is 112 Å². The predicted molar refractivity (Wildman–Crippen MR) is 194 cm³/mol. The predicted octanol–water partition coefficient (Wildman–Crippen LogP) is 7.20. The third kappa shape index (κ3) is 8.95. The molecular formula is C39H42Cl2N4O7. The molecule has 4 aliphatic rings. The third-order valence-electron chi connectivity index (χ3n) is 9.89. The SMILES string of the molecule is COc1ccc([C@H](Cc2c(Cl)c[nH+]cc2Cl)OC(=O)c2ccc(CN(C(=O)O[C@H]3CN4CCC3CC4)c3ccccn3)cc2)cc1OCC1CC1.[OH-]. The molecule has 274 valence electrons. The molecule has 0 spiro atoms. The summed E-state index contributed by atoms with van der Waals surface area (Å²) in [6.45, 7) is 3.68. The van der Waals surface area contributed by atoms with Crippen molar-refractivity contribution in [1.29, 1.82) is 0 Å². The molecule has 2 N–H and O–H groups in total. The highest BCUT2D eigenvalue weighted by Gasteiger charge is 2.37.